The number of hydrogen-bond donors (Lipinski definition) is 1. The third kappa shape index (κ3) is 4.02. The van der Waals surface area contributed by atoms with Gasteiger partial charge in [0, 0.05) is 6.61 Å². The molecule has 98 valence electrons. The fraction of sp³-hybridized carbons (Fsp3) is 0.417. The largest absolute Gasteiger partial charge is 0.416 e. The molecule has 0 radical (unpaired) electrons. The highest BCUT2D eigenvalue weighted by molar-refractivity contribution is 5.28. The molecule has 6 heteroatoms. The predicted molar refractivity (Wildman–Crippen MR) is 57.5 cm³/mol. The van der Waals surface area contributed by atoms with Crippen LogP contribution in [0.3, 0.4) is 0 Å². The maximum absolute atomic E-state index is 12.3. The molecule has 1 atom stereocenters. The van der Waals surface area contributed by atoms with Gasteiger partial charge in [-0.2, -0.15) is 18.4 Å². The second-order valence-electron chi connectivity index (χ2n) is 3.58. The molecule has 0 aliphatic heterocycles. The van der Waals surface area contributed by atoms with Crippen LogP contribution in [0.15, 0.2) is 24.3 Å². The number of aliphatic hydroxyl groups is 1. The highest BCUT2D eigenvalue weighted by Gasteiger charge is 2.30. The maximum atomic E-state index is 12.3. The van der Waals surface area contributed by atoms with Gasteiger partial charge in [-0.3, -0.25) is 0 Å². The van der Waals surface area contributed by atoms with Crippen molar-refractivity contribution in [3.63, 3.8) is 0 Å². The SMILES string of the molecule is N#CC(OCCCO)c1ccc(C(F)(F)F)cc1. The van der Waals surface area contributed by atoms with Crippen LogP contribution < -0.4 is 0 Å². The van der Waals surface area contributed by atoms with E-state index in [9.17, 15) is 13.2 Å². The summed E-state index contributed by atoms with van der Waals surface area (Å²) in [4.78, 5) is 0. The highest BCUT2D eigenvalue weighted by atomic mass is 19.4. The van der Waals surface area contributed by atoms with Crippen LogP contribution in [0.5, 0.6) is 0 Å². The van der Waals surface area contributed by atoms with Crippen LogP contribution in [-0.4, -0.2) is 18.3 Å². The monoisotopic (exact) mass is 259 g/mol. The van der Waals surface area contributed by atoms with Gasteiger partial charge in [-0.1, -0.05) is 12.1 Å². The Labute approximate surface area is 102 Å². The van der Waals surface area contributed by atoms with E-state index in [4.69, 9.17) is 15.1 Å². The maximum Gasteiger partial charge on any atom is 0.416 e. The molecule has 0 spiro atoms. The average molecular weight is 259 g/mol. The van der Waals surface area contributed by atoms with Crippen LogP contribution in [0.1, 0.15) is 23.7 Å². The molecule has 1 N–H and O–H groups in total. The third-order valence-corrected chi connectivity index (χ3v) is 2.24. The molecule has 1 aromatic rings. The van der Waals surface area contributed by atoms with Gasteiger partial charge in [-0.25, -0.2) is 0 Å². The lowest BCUT2D eigenvalue weighted by atomic mass is 10.1. The summed E-state index contributed by atoms with van der Waals surface area (Å²) in [5.74, 6) is 0. The molecule has 0 saturated heterocycles. The lowest BCUT2D eigenvalue weighted by Crippen LogP contribution is -2.07. The first-order valence-corrected chi connectivity index (χ1v) is 5.28. The number of aliphatic hydroxyl groups excluding tert-OH is 1. The summed E-state index contributed by atoms with van der Waals surface area (Å²) in [6.07, 6.45) is -4.93. The number of benzene rings is 1. The number of nitrogens with zero attached hydrogens (tertiary/aromatic N) is 1. The molecular formula is C12H12F3NO2. The van der Waals surface area contributed by atoms with Gasteiger partial charge in [0.15, 0.2) is 6.10 Å². The zero-order chi connectivity index (χ0) is 13.6. The molecule has 0 aliphatic carbocycles. The van der Waals surface area contributed by atoms with Gasteiger partial charge in [0.25, 0.3) is 0 Å². The number of ether oxygens (including phenoxy) is 1. The van der Waals surface area contributed by atoms with Crippen molar-refractivity contribution in [1.29, 1.82) is 5.26 Å². The molecule has 0 heterocycles. The minimum atomic E-state index is -4.39. The van der Waals surface area contributed by atoms with Gasteiger partial charge in [0.2, 0.25) is 0 Å². The molecule has 0 bridgehead atoms. The summed E-state index contributed by atoms with van der Waals surface area (Å²) in [5, 5.41) is 17.4. The van der Waals surface area contributed by atoms with Crippen molar-refractivity contribution in [2.45, 2.75) is 18.7 Å². The normalized spacial score (nSPS) is 13.1. The Hall–Kier alpha value is -1.58. The summed E-state index contributed by atoms with van der Waals surface area (Å²) in [6.45, 7) is 0.112. The third-order valence-electron chi connectivity index (χ3n) is 2.24. The van der Waals surface area contributed by atoms with E-state index < -0.39 is 17.8 Å². The van der Waals surface area contributed by atoms with Gasteiger partial charge in [0.05, 0.1) is 18.2 Å². The predicted octanol–water partition coefficient (Wildman–Crippen LogP) is 2.67. The number of rotatable bonds is 5. The fourth-order valence-electron chi connectivity index (χ4n) is 1.32. The van der Waals surface area contributed by atoms with Crippen molar-refractivity contribution >= 4 is 0 Å². The van der Waals surface area contributed by atoms with E-state index in [0.717, 1.165) is 12.1 Å². The second-order valence-corrected chi connectivity index (χ2v) is 3.58. The first kappa shape index (κ1) is 14.5. The zero-order valence-corrected chi connectivity index (χ0v) is 9.44. The van der Waals surface area contributed by atoms with Gasteiger partial charge >= 0.3 is 6.18 Å². The Kier molecular flexibility index (Phi) is 5.13. The minimum Gasteiger partial charge on any atom is -0.396 e. The van der Waals surface area contributed by atoms with E-state index in [2.05, 4.69) is 0 Å². The molecule has 0 aromatic heterocycles. The van der Waals surface area contributed by atoms with Crippen molar-refractivity contribution in [3.8, 4) is 6.07 Å². The average Bonchev–Trinajstić information content (AvgIpc) is 2.34. The molecular weight excluding hydrogens is 247 g/mol. The number of alkyl halides is 3. The standard InChI is InChI=1S/C12H12F3NO2/c13-12(14,15)10-4-2-9(3-5-10)11(8-16)18-7-1-6-17/h2-5,11,17H,1,6-7H2. The van der Waals surface area contributed by atoms with Gasteiger partial charge < -0.3 is 9.84 Å². The molecule has 1 aromatic carbocycles. The van der Waals surface area contributed by atoms with Crippen molar-refractivity contribution in [3.05, 3.63) is 35.4 Å². The van der Waals surface area contributed by atoms with E-state index in [-0.39, 0.29) is 13.2 Å². The van der Waals surface area contributed by atoms with Crippen LogP contribution in [0.2, 0.25) is 0 Å². The Morgan fingerprint density at radius 2 is 1.89 bits per heavy atom. The van der Waals surface area contributed by atoms with Crippen LogP contribution >= 0.6 is 0 Å². The van der Waals surface area contributed by atoms with Crippen LogP contribution in [0.25, 0.3) is 0 Å². The van der Waals surface area contributed by atoms with E-state index in [0.29, 0.717) is 12.0 Å². The molecule has 0 aliphatic rings. The topological polar surface area (TPSA) is 53.2 Å². The van der Waals surface area contributed by atoms with Crippen molar-refractivity contribution in [2.24, 2.45) is 0 Å². The van der Waals surface area contributed by atoms with Crippen molar-refractivity contribution in [2.75, 3.05) is 13.2 Å². The lowest BCUT2D eigenvalue weighted by molar-refractivity contribution is -0.137. The van der Waals surface area contributed by atoms with Crippen molar-refractivity contribution < 1.29 is 23.0 Å². The summed E-state index contributed by atoms with van der Waals surface area (Å²) < 4.78 is 42.1. The lowest BCUT2D eigenvalue weighted by Gasteiger charge is -2.12. The van der Waals surface area contributed by atoms with Crippen LogP contribution in [-0.2, 0) is 10.9 Å². The quantitative estimate of drug-likeness (QED) is 0.827. The first-order valence-electron chi connectivity index (χ1n) is 5.28. The number of nitriles is 1. The summed E-state index contributed by atoms with van der Waals surface area (Å²) >= 11 is 0. The van der Waals surface area contributed by atoms with Gasteiger partial charge in [0.1, 0.15) is 0 Å². The Morgan fingerprint density at radius 1 is 1.28 bits per heavy atom. The first-order chi connectivity index (χ1) is 8.49. The Balaban J connectivity index is 2.74. The van der Waals surface area contributed by atoms with Crippen molar-refractivity contribution in [1.82, 2.24) is 0 Å². The second kappa shape index (κ2) is 6.38. The molecule has 0 fully saturated rings. The molecule has 3 nitrogen and oxygen atoms in total. The minimum absolute atomic E-state index is 0.0643. The molecule has 0 saturated carbocycles. The fourth-order valence-corrected chi connectivity index (χ4v) is 1.32. The van der Waals surface area contributed by atoms with Gasteiger partial charge in [-0.15, -0.1) is 0 Å². The Morgan fingerprint density at radius 3 is 2.33 bits per heavy atom. The zero-order valence-electron chi connectivity index (χ0n) is 9.44. The van der Waals surface area contributed by atoms with Gasteiger partial charge in [-0.05, 0) is 24.1 Å². The Bertz CT molecular complexity index is 409. The molecule has 1 rings (SSSR count). The van der Waals surface area contributed by atoms with E-state index in [1.807, 2.05) is 6.07 Å². The smallest absolute Gasteiger partial charge is 0.396 e. The van der Waals surface area contributed by atoms with E-state index >= 15 is 0 Å². The van der Waals surface area contributed by atoms with Crippen LogP contribution in [0, 0.1) is 11.3 Å². The highest BCUT2D eigenvalue weighted by Crippen LogP contribution is 2.30. The summed E-state index contributed by atoms with van der Waals surface area (Å²) in [5.41, 5.74) is -0.401. The molecule has 1 unspecified atom stereocenters. The number of hydrogen-bond acceptors (Lipinski definition) is 3. The number of halogens is 3. The molecule has 18 heavy (non-hydrogen) atoms. The van der Waals surface area contributed by atoms with E-state index in [1.54, 1.807) is 0 Å². The summed E-state index contributed by atoms with van der Waals surface area (Å²) in [7, 11) is 0. The van der Waals surface area contributed by atoms with Crippen LogP contribution in [0.4, 0.5) is 13.2 Å². The molecule has 0 amide bonds. The summed E-state index contributed by atoms with van der Waals surface area (Å²) in [6, 6.07) is 6.11. The van der Waals surface area contributed by atoms with E-state index in [1.165, 1.54) is 12.1 Å².